The summed E-state index contributed by atoms with van der Waals surface area (Å²) >= 11 is 0. The topological polar surface area (TPSA) is 113 Å². The summed E-state index contributed by atoms with van der Waals surface area (Å²) in [6, 6.07) is 8.44. The van der Waals surface area contributed by atoms with Crippen LogP contribution < -0.4 is 10.5 Å². The Morgan fingerprint density at radius 1 is 1.18 bits per heavy atom. The zero-order chi connectivity index (χ0) is 26.5. The summed E-state index contributed by atoms with van der Waals surface area (Å²) in [4.78, 5) is 11.2. The van der Waals surface area contributed by atoms with Crippen LogP contribution >= 0.6 is 0 Å². The molecule has 3 fully saturated rings. The summed E-state index contributed by atoms with van der Waals surface area (Å²) in [5, 5.41) is 0.871. The van der Waals surface area contributed by atoms with Crippen molar-refractivity contribution in [2.75, 3.05) is 43.5 Å². The first-order chi connectivity index (χ1) is 18.2. The quantitative estimate of drug-likeness (QED) is 0.484. The van der Waals surface area contributed by atoms with Crippen molar-refractivity contribution in [1.29, 1.82) is 0 Å². The van der Waals surface area contributed by atoms with Gasteiger partial charge in [0.15, 0.2) is 9.84 Å². The summed E-state index contributed by atoms with van der Waals surface area (Å²) in [6.45, 7) is 7.03. The van der Waals surface area contributed by atoms with Crippen LogP contribution in [0.25, 0.3) is 22.2 Å². The Bertz CT molecular complexity index is 1420. The van der Waals surface area contributed by atoms with E-state index < -0.39 is 9.84 Å². The van der Waals surface area contributed by atoms with Crippen molar-refractivity contribution < 1.29 is 17.9 Å². The van der Waals surface area contributed by atoms with E-state index in [1.807, 2.05) is 12.1 Å². The van der Waals surface area contributed by atoms with Gasteiger partial charge in [0, 0.05) is 37.4 Å². The molecule has 2 aromatic heterocycles. The molecule has 0 radical (unpaired) electrons. The van der Waals surface area contributed by atoms with Crippen LogP contribution in [0.3, 0.4) is 0 Å². The molecule has 1 unspecified atom stereocenters. The molecule has 9 nitrogen and oxygen atoms in total. The van der Waals surface area contributed by atoms with Crippen molar-refractivity contribution in [2.45, 2.75) is 57.3 Å². The van der Waals surface area contributed by atoms with Crippen molar-refractivity contribution in [3.8, 4) is 16.9 Å². The van der Waals surface area contributed by atoms with Gasteiger partial charge in [0.2, 0.25) is 0 Å². The molecule has 1 aliphatic carbocycles. The molecule has 0 bridgehead atoms. The Labute approximate surface area is 224 Å². The normalized spacial score (nSPS) is 26.8. The lowest BCUT2D eigenvalue weighted by molar-refractivity contribution is -0.0326. The number of aromatic nitrogens is 3. The number of ether oxygens (including phenoxy) is 2. The van der Waals surface area contributed by atoms with E-state index in [2.05, 4.69) is 51.6 Å². The van der Waals surface area contributed by atoms with Gasteiger partial charge in [-0.1, -0.05) is 12.1 Å². The molecule has 6 rings (SSSR count). The molecule has 2 aliphatic heterocycles. The number of hydrogen-bond acceptors (Lipinski definition) is 8. The first-order valence-corrected chi connectivity index (χ1v) is 15.4. The number of sulfone groups is 1. The van der Waals surface area contributed by atoms with Crippen molar-refractivity contribution in [1.82, 2.24) is 19.4 Å². The van der Waals surface area contributed by atoms with E-state index in [0.29, 0.717) is 37.5 Å². The van der Waals surface area contributed by atoms with E-state index in [4.69, 9.17) is 15.2 Å². The highest BCUT2D eigenvalue weighted by Gasteiger charge is 2.35. The lowest BCUT2D eigenvalue weighted by Gasteiger charge is -2.40. The summed E-state index contributed by atoms with van der Waals surface area (Å²) in [7, 11) is -2.85. The largest absolute Gasteiger partial charge is 0.491 e. The zero-order valence-corrected chi connectivity index (χ0v) is 23.0. The van der Waals surface area contributed by atoms with Crippen LogP contribution in [-0.4, -0.2) is 77.3 Å². The number of anilines is 1. The van der Waals surface area contributed by atoms with Gasteiger partial charge in [-0.05, 0) is 63.1 Å². The summed E-state index contributed by atoms with van der Waals surface area (Å²) in [6.07, 6.45) is 7.93. The maximum Gasteiger partial charge on any atom is 0.152 e. The van der Waals surface area contributed by atoms with Crippen LogP contribution in [-0.2, 0) is 14.6 Å². The SMILES string of the molecule is CC1(C)CCC(COc2cccc(-c3cn(C4CC(CN5CCS(=O)(=O)CC5)C4)c4ncnc(N)c34)c2)O1. The third-order valence-corrected chi connectivity index (χ3v) is 9.94. The third-order valence-electron chi connectivity index (χ3n) is 8.33. The highest BCUT2D eigenvalue weighted by atomic mass is 32.2. The van der Waals surface area contributed by atoms with Crippen LogP contribution in [0.1, 0.15) is 45.6 Å². The predicted molar refractivity (Wildman–Crippen MR) is 148 cm³/mol. The molecule has 3 aromatic rings. The molecule has 3 aliphatic rings. The number of rotatable bonds is 7. The van der Waals surface area contributed by atoms with E-state index in [9.17, 15) is 8.42 Å². The molecular formula is C28H37N5O4S. The lowest BCUT2D eigenvalue weighted by Crippen LogP contribution is -2.44. The second-order valence-electron chi connectivity index (χ2n) is 11.7. The smallest absolute Gasteiger partial charge is 0.152 e. The monoisotopic (exact) mass is 539 g/mol. The van der Waals surface area contributed by atoms with E-state index in [1.54, 1.807) is 0 Å². The summed E-state index contributed by atoms with van der Waals surface area (Å²) < 4.78 is 38.0. The molecule has 4 heterocycles. The average molecular weight is 540 g/mol. The third kappa shape index (κ3) is 5.26. The van der Waals surface area contributed by atoms with Gasteiger partial charge in [0.05, 0.1) is 28.6 Å². The number of benzene rings is 1. The number of nitrogens with two attached hydrogens (primary N) is 1. The minimum absolute atomic E-state index is 0.0792. The molecule has 38 heavy (non-hydrogen) atoms. The Morgan fingerprint density at radius 3 is 2.71 bits per heavy atom. The molecule has 0 amide bonds. The molecule has 1 aromatic carbocycles. The fourth-order valence-electron chi connectivity index (χ4n) is 6.12. The Hall–Kier alpha value is -2.69. The fourth-order valence-corrected chi connectivity index (χ4v) is 7.39. The van der Waals surface area contributed by atoms with Gasteiger partial charge in [-0.2, -0.15) is 0 Å². The van der Waals surface area contributed by atoms with Gasteiger partial charge in [-0.25, -0.2) is 18.4 Å². The second-order valence-corrected chi connectivity index (χ2v) is 14.0. The number of nitrogen functional groups attached to an aromatic ring is 1. The van der Waals surface area contributed by atoms with Crippen LogP contribution in [0.5, 0.6) is 5.75 Å². The van der Waals surface area contributed by atoms with Crippen molar-refractivity contribution >= 4 is 26.7 Å². The van der Waals surface area contributed by atoms with Crippen LogP contribution in [0, 0.1) is 5.92 Å². The number of hydrogen-bond donors (Lipinski definition) is 1. The van der Waals surface area contributed by atoms with Gasteiger partial charge in [-0.3, -0.25) is 0 Å². The molecule has 2 saturated heterocycles. The first-order valence-electron chi connectivity index (χ1n) is 13.6. The molecule has 2 N–H and O–H groups in total. The van der Waals surface area contributed by atoms with Gasteiger partial charge < -0.3 is 24.7 Å². The molecule has 1 saturated carbocycles. The van der Waals surface area contributed by atoms with Crippen LogP contribution in [0.4, 0.5) is 5.82 Å². The van der Waals surface area contributed by atoms with E-state index in [-0.39, 0.29) is 23.2 Å². The van der Waals surface area contributed by atoms with Gasteiger partial charge in [-0.15, -0.1) is 0 Å². The van der Waals surface area contributed by atoms with Crippen LogP contribution in [0.15, 0.2) is 36.8 Å². The van der Waals surface area contributed by atoms with Crippen molar-refractivity contribution in [3.05, 3.63) is 36.8 Å². The summed E-state index contributed by atoms with van der Waals surface area (Å²) in [5.74, 6) is 2.39. The molecule has 204 valence electrons. The predicted octanol–water partition coefficient (Wildman–Crippen LogP) is 3.70. The lowest BCUT2D eigenvalue weighted by atomic mass is 9.79. The first kappa shape index (κ1) is 25.6. The highest BCUT2D eigenvalue weighted by Crippen LogP contribution is 2.43. The Balaban J connectivity index is 1.17. The number of fused-ring (bicyclic) bond motifs is 1. The second kappa shape index (κ2) is 9.81. The van der Waals surface area contributed by atoms with E-state index >= 15 is 0 Å². The Kier molecular flexibility index (Phi) is 6.60. The van der Waals surface area contributed by atoms with Crippen molar-refractivity contribution in [3.63, 3.8) is 0 Å². The van der Waals surface area contributed by atoms with Crippen molar-refractivity contribution in [2.24, 2.45) is 5.92 Å². The van der Waals surface area contributed by atoms with E-state index in [1.165, 1.54) is 6.33 Å². The Morgan fingerprint density at radius 2 is 1.97 bits per heavy atom. The van der Waals surface area contributed by atoms with Gasteiger partial charge in [0.1, 0.15) is 30.1 Å². The number of nitrogens with zero attached hydrogens (tertiary/aromatic N) is 4. The highest BCUT2D eigenvalue weighted by molar-refractivity contribution is 7.91. The zero-order valence-electron chi connectivity index (χ0n) is 22.2. The minimum atomic E-state index is -2.85. The maximum absolute atomic E-state index is 11.7. The molecular weight excluding hydrogens is 502 g/mol. The fraction of sp³-hybridized carbons (Fsp3) is 0.571. The van der Waals surface area contributed by atoms with E-state index in [0.717, 1.165) is 60.1 Å². The standard InChI is InChI=1S/C28H37N5O4S/c1-28(2)7-6-23(37-28)17-36-22-5-3-4-20(14-22)24-16-33(27-25(24)26(29)30-18-31-27)21-12-19(13-21)15-32-8-10-38(34,35)11-9-32/h3-5,14,16,18-19,21,23H,6-13,15,17H2,1-2H3,(H2,29,30,31). The molecule has 10 heteroatoms. The van der Waals surface area contributed by atoms with Gasteiger partial charge >= 0.3 is 0 Å². The molecule has 0 spiro atoms. The summed E-state index contributed by atoms with van der Waals surface area (Å²) in [5.41, 5.74) is 9.18. The molecule has 1 atom stereocenters. The maximum atomic E-state index is 11.7. The van der Waals surface area contributed by atoms with Crippen LogP contribution in [0.2, 0.25) is 0 Å². The van der Waals surface area contributed by atoms with Gasteiger partial charge in [0.25, 0.3) is 0 Å². The minimum Gasteiger partial charge on any atom is -0.491 e. The average Bonchev–Trinajstić information content (AvgIpc) is 3.41.